The maximum Gasteiger partial charge on any atom is 0.339 e. The molecule has 1 saturated carbocycles. The number of carbonyl (C=O) groups is 1. The number of hydrogen-bond acceptors (Lipinski definition) is 6. The maximum atomic E-state index is 13.7. The van der Waals surface area contributed by atoms with Crippen molar-refractivity contribution in [1.29, 1.82) is 0 Å². The molecule has 1 aromatic heterocycles. The number of ether oxygens (including phenoxy) is 1. The fourth-order valence-corrected chi connectivity index (χ4v) is 6.72. The van der Waals surface area contributed by atoms with Gasteiger partial charge in [-0.1, -0.05) is 72.8 Å². The Hall–Kier alpha value is -4.37. The number of aromatic nitrogens is 2. The summed E-state index contributed by atoms with van der Waals surface area (Å²) in [5.41, 5.74) is 1.98. The fraction of sp³-hybridized carbons (Fsp3) is 0.250. The van der Waals surface area contributed by atoms with Crippen molar-refractivity contribution in [2.75, 3.05) is 4.72 Å². The Kier molecular flexibility index (Phi) is 6.91. The largest absolute Gasteiger partial charge is 0.507 e. The highest BCUT2D eigenvalue weighted by atomic mass is 32.2. The Bertz CT molecular complexity index is 1670. The first kappa shape index (κ1) is 26.8. The zero-order chi connectivity index (χ0) is 28.6. The summed E-state index contributed by atoms with van der Waals surface area (Å²) in [6.45, 7) is 0. The first-order chi connectivity index (χ1) is 19.7. The maximum absolute atomic E-state index is 13.7. The van der Waals surface area contributed by atoms with Crippen LogP contribution in [0.2, 0.25) is 0 Å². The van der Waals surface area contributed by atoms with Crippen LogP contribution < -0.4 is 4.72 Å². The van der Waals surface area contributed by atoms with E-state index in [1.54, 1.807) is 29.8 Å². The van der Waals surface area contributed by atoms with Gasteiger partial charge in [-0.2, -0.15) is 8.42 Å². The summed E-state index contributed by atoms with van der Waals surface area (Å²) in [6.07, 6.45) is 5.28. The predicted molar refractivity (Wildman–Crippen MR) is 155 cm³/mol. The molecule has 8 nitrogen and oxygen atoms in total. The lowest BCUT2D eigenvalue weighted by atomic mass is 9.81. The highest BCUT2D eigenvalue weighted by Gasteiger charge is 2.52. The van der Waals surface area contributed by atoms with Gasteiger partial charge in [0.1, 0.15) is 5.76 Å². The van der Waals surface area contributed by atoms with Crippen molar-refractivity contribution in [2.24, 2.45) is 13.0 Å². The second-order valence-corrected chi connectivity index (χ2v) is 12.5. The summed E-state index contributed by atoms with van der Waals surface area (Å²) in [6, 6.07) is 26.4. The average Bonchev–Trinajstić information content (AvgIpc) is 3.64. The first-order valence-electron chi connectivity index (χ1n) is 13.6. The number of aliphatic hydroxyl groups is 1. The van der Waals surface area contributed by atoms with Crippen LogP contribution in [0, 0.1) is 5.92 Å². The number of benzene rings is 3. The molecule has 6 rings (SSSR count). The highest BCUT2D eigenvalue weighted by molar-refractivity contribution is 7.92. The number of nitrogens with one attached hydrogen (secondary N) is 1. The molecule has 1 unspecified atom stereocenters. The van der Waals surface area contributed by atoms with Gasteiger partial charge in [0.05, 0.1) is 11.9 Å². The lowest BCUT2D eigenvalue weighted by Crippen LogP contribution is -2.37. The third kappa shape index (κ3) is 5.50. The van der Waals surface area contributed by atoms with E-state index in [1.807, 2.05) is 66.7 Å². The molecule has 2 N–H and O–H groups in total. The van der Waals surface area contributed by atoms with Crippen LogP contribution in [0.4, 0.5) is 5.69 Å². The van der Waals surface area contributed by atoms with E-state index in [1.165, 1.54) is 12.5 Å². The van der Waals surface area contributed by atoms with Crippen molar-refractivity contribution in [3.63, 3.8) is 0 Å². The Labute approximate surface area is 239 Å². The molecular formula is C32H31N3O5S. The van der Waals surface area contributed by atoms with E-state index in [9.17, 15) is 18.3 Å². The van der Waals surface area contributed by atoms with Gasteiger partial charge in [0, 0.05) is 37.7 Å². The van der Waals surface area contributed by atoms with Crippen LogP contribution in [-0.4, -0.2) is 34.6 Å². The van der Waals surface area contributed by atoms with E-state index < -0.39 is 27.5 Å². The van der Waals surface area contributed by atoms with Crippen molar-refractivity contribution >= 4 is 21.7 Å². The SMILES string of the molecule is Cn1cnc(S(=O)(=O)Nc2cccc(C(C3=C(O)C(Cc4ccccc4)(Cc4ccccc4)OC3=O)C3CC3)c2)c1. The zero-order valence-corrected chi connectivity index (χ0v) is 23.4. The van der Waals surface area contributed by atoms with E-state index in [4.69, 9.17) is 4.74 Å². The van der Waals surface area contributed by atoms with Gasteiger partial charge < -0.3 is 14.4 Å². The van der Waals surface area contributed by atoms with Crippen molar-refractivity contribution in [3.8, 4) is 0 Å². The standard InChI is InChI=1S/C32H31N3O5S/c1-35-20-27(33-21-35)41(38,39)34-26-14-8-13-25(17-26)28(24-15-16-24)29-30(36)32(40-31(29)37,18-22-9-4-2-5-10-22)19-23-11-6-3-7-12-23/h2-14,17,20-21,24,28,34,36H,15-16,18-19H2,1H3. The lowest BCUT2D eigenvalue weighted by molar-refractivity contribution is -0.148. The molecule has 0 bridgehead atoms. The molecule has 1 atom stereocenters. The molecule has 3 aromatic carbocycles. The van der Waals surface area contributed by atoms with E-state index in [0.717, 1.165) is 29.5 Å². The Morgan fingerprint density at radius 1 is 1.00 bits per heavy atom. The minimum Gasteiger partial charge on any atom is -0.507 e. The quantitative estimate of drug-likeness (QED) is 0.251. The number of nitrogens with zero attached hydrogens (tertiary/aromatic N) is 2. The van der Waals surface area contributed by atoms with Crippen LogP contribution in [-0.2, 0) is 39.4 Å². The first-order valence-corrected chi connectivity index (χ1v) is 15.1. The fourth-order valence-electron chi connectivity index (χ4n) is 5.69. The topological polar surface area (TPSA) is 111 Å². The molecule has 9 heteroatoms. The number of anilines is 1. The molecule has 0 amide bonds. The van der Waals surface area contributed by atoms with Crippen molar-refractivity contribution in [1.82, 2.24) is 9.55 Å². The van der Waals surface area contributed by atoms with Crippen LogP contribution >= 0.6 is 0 Å². The van der Waals surface area contributed by atoms with E-state index >= 15 is 0 Å². The zero-order valence-electron chi connectivity index (χ0n) is 22.6. The predicted octanol–water partition coefficient (Wildman–Crippen LogP) is 5.31. The van der Waals surface area contributed by atoms with Crippen LogP contribution in [0.25, 0.3) is 0 Å². The summed E-state index contributed by atoms with van der Waals surface area (Å²) in [7, 11) is -2.21. The summed E-state index contributed by atoms with van der Waals surface area (Å²) in [5, 5.41) is 11.8. The monoisotopic (exact) mass is 569 g/mol. The average molecular weight is 570 g/mol. The second kappa shape index (κ2) is 10.6. The molecule has 1 fully saturated rings. The lowest BCUT2D eigenvalue weighted by Gasteiger charge is -2.29. The van der Waals surface area contributed by atoms with Crippen molar-refractivity contribution in [2.45, 2.75) is 42.2 Å². The number of cyclic esters (lactones) is 1. The van der Waals surface area contributed by atoms with Crippen LogP contribution in [0.15, 0.2) is 114 Å². The van der Waals surface area contributed by atoms with Crippen LogP contribution in [0.3, 0.4) is 0 Å². The summed E-state index contributed by atoms with van der Waals surface area (Å²) >= 11 is 0. The van der Waals surface area contributed by atoms with Crippen molar-refractivity contribution in [3.05, 3.63) is 125 Å². The van der Waals surface area contributed by atoms with Gasteiger partial charge in [-0.3, -0.25) is 4.72 Å². The number of aliphatic hydroxyl groups excluding tert-OH is 1. The van der Waals surface area contributed by atoms with Gasteiger partial charge in [0.25, 0.3) is 10.0 Å². The van der Waals surface area contributed by atoms with E-state index in [0.29, 0.717) is 18.5 Å². The highest BCUT2D eigenvalue weighted by Crippen LogP contribution is 2.52. The normalized spacial score (nSPS) is 17.3. The van der Waals surface area contributed by atoms with Gasteiger partial charge in [-0.15, -0.1) is 0 Å². The van der Waals surface area contributed by atoms with E-state index in [2.05, 4.69) is 9.71 Å². The minimum atomic E-state index is -3.90. The molecule has 2 aliphatic rings. The number of carbonyl (C=O) groups excluding carboxylic acids is 1. The Balaban J connectivity index is 1.39. The molecule has 1 aliphatic carbocycles. The number of aryl methyl sites for hydroxylation is 1. The smallest absolute Gasteiger partial charge is 0.339 e. The van der Waals surface area contributed by atoms with Crippen LogP contribution in [0.1, 0.15) is 35.4 Å². The summed E-state index contributed by atoms with van der Waals surface area (Å²) in [5.74, 6) is -0.890. The third-order valence-corrected chi connectivity index (χ3v) is 8.98. The number of sulfonamides is 1. The number of hydrogen-bond donors (Lipinski definition) is 2. The molecular weight excluding hydrogens is 538 g/mol. The molecule has 1 aliphatic heterocycles. The molecule has 0 saturated heterocycles. The van der Waals surface area contributed by atoms with Gasteiger partial charge in [-0.25, -0.2) is 9.78 Å². The van der Waals surface area contributed by atoms with Gasteiger partial charge in [-0.05, 0) is 47.6 Å². The summed E-state index contributed by atoms with van der Waals surface area (Å²) < 4.78 is 36.2. The van der Waals surface area contributed by atoms with Crippen LogP contribution in [0.5, 0.6) is 0 Å². The van der Waals surface area contributed by atoms with Gasteiger partial charge >= 0.3 is 5.97 Å². The molecule has 0 radical (unpaired) electrons. The number of esters is 1. The van der Waals surface area contributed by atoms with Crippen molar-refractivity contribution < 1.29 is 23.1 Å². The molecule has 2 heterocycles. The number of imidazole rings is 1. The van der Waals surface area contributed by atoms with E-state index in [-0.39, 0.29) is 22.3 Å². The summed E-state index contributed by atoms with van der Waals surface area (Å²) in [4.78, 5) is 17.6. The molecule has 4 aromatic rings. The van der Waals surface area contributed by atoms with Gasteiger partial charge in [0.2, 0.25) is 0 Å². The van der Waals surface area contributed by atoms with Gasteiger partial charge in [0.15, 0.2) is 10.6 Å². The Morgan fingerprint density at radius 2 is 1.63 bits per heavy atom. The molecule has 0 spiro atoms. The molecule has 210 valence electrons. The third-order valence-electron chi connectivity index (χ3n) is 7.72. The Morgan fingerprint density at radius 3 is 2.20 bits per heavy atom. The minimum absolute atomic E-state index is 0.0495. The second-order valence-electron chi connectivity index (χ2n) is 10.9. The molecule has 41 heavy (non-hydrogen) atoms. The number of rotatable bonds is 10.